The summed E-state index contributed by atoms with van der Waals surface area (Å²) in [7, 11) is -3.66. The zero-order valence-electron chi connectivity index (χ0n) is 12.0. The first-order chi connectivity index (χ1) is 11.0. The summed E-state index contributed by atoms with van der Waals surface area (Å²) in [5, 5.41) is 9.37. The third kappa shape index (κ3) is 2.89. The van der Waals surface area contributed by atoms with Gasteiger partial charge in [0.2, 0.25) is 0 Å². The van der Waals surface area contributed by atoms with E-state index in [2.05, 4.69) is 0 Å². The van der Waals surface area contributed by atoms with E-state index in [4.69, 9.17) is 5.11 Å². The van der Waals surface area contributed by atoms with E-state index < -0.39 is 16.0 Å². The fraction of sp³-hybridized carbons (Fsp3) is 0. The van der Waals surface area contributed by atoms with Gasteiger partial charge < -0.3 is 5.11 Å². The van der Waals surface area contributed by atoms with E-state index in [1.807, 2.05) is 0 Å². The summed E-state index contributed by atoms with van der Waals surface area (Å²) in [6.45, 7) is 0. The molecule has 0 aliphatic rings. The fourth-order valence-electron chi connectivity index (χ4n) is 2.32. The SMILES string of the molecule is O=C(O)/C=C\c1ccc2c(ccn2S(=O)(=O)c2ccccc2)c1. The lowest BCUT2D eigenvalue weighted by molar-refractivity contribution is -0.131. The highest BCUT2D eigenvalue weighted by atomic mass is 32.2. The first-order valence-electron chi connectivity index (χ1n) is 6.81. The Labute approximate surface area is 133 Å². The molecule has 2 aromatic carbocycles. The third-order valence-electron chi connectivity index (χ3n) is 3.40. The molecule has 0 aliphatic carbocycles. The van der Waals surface area contributed by atoms with Gasteiger partial charge in [0, 0.05) is 17.7 Å². The van der Waals surface area contributed by atoms with Crippen LogP contribution in [0.4, 0.5) is 0 Å². The van der Waals surface area contributed by atoms with E-state index in [1.54, 1.807) is 54.6 Å². The summed E-state index contributed by atoms with van der Waals surface area (Å²) >= 11 is 0. The van der Waals surface area contributed by atoms with Gasteiger partial charge in [-0.2, -0.15) is 0 Å². The first kappa shape index (κ1) is 15.1. The molecule has 0 aliphatic heterocycles. The third-order valence-corrected chi connectivity index (χ3v) is 5.10. The van der Waals surface area contributed by atoms with Crippen LogP contribution < -0.4 is 0 Å². The van der Waals surface area contributed by atoms with Crippen molar-refractivity contribution in [3.05, 3.63) is 72.4 Å². The smallest absolute Gasteiger partial charge is 0.328 e. The van der Waals surface area contributed by atoms with Crippen LogP contribution in [0.15, 0.2) is 71.8 Å². The van der Waals surface area contributed by atoms with Crippen LogP contribution in [0.2, 0.25) is 0 Å². The van der Waals surface area contributed by atoms with E-state index in [0.717, 1.165) is 11.5 Å². The quantitative estimate of drug-likeness (QED) is 0.747. The maximum Gasteiger partial charge on any atom is 0.328 e. The molecule has 0 saturated carbocycles. The lowest BCUT2D eigenvalue weighted by atomic mass is 10.1. The number of aromatic nitrogens is 1. The van der Waals surface area contributed by atoms with Crippen molar-refractivity contribution < 1.29 is 18.3 Å². The van der Waals surface area contributed by atoms with E-state index in [1.165, 1.54) is 16.2 Å². The summed E-state index contributed by atoms with van der Waals surface area (Å²) in [6.07, 6.45) is 4.00. The molecule has 0 amide bonds. The second kappa shape index (κ2) is 5.73. The predicted octanol–water partition coefficient (Wildman–Crippen LogP) is 2.98. The van der Waals surface area contributed by atoms with Crippen LogP contribution in [0.3, 0.4) is 0 Å². The summed E-state index contributed by atoms with van der Waals surface area (Å²) < 4.78 is 26.6. The van der Waals surface area contributed by atoms with Gasteiger partial charge in [0.05, 0.1) is 10.4 Å². The van der Waals surface area contributed by atoms with Gasteiger partial charge in [-0.1, -0.05) is 24.3 Å². The van der Waals surface area contributed by atoms with Crippen molar-refractivity contribution in [1.82, 2.24) is 3.97 Å². The summed E-state index contributed by atoms with van der Waals surface area (Å²) in [5.74, 6) is -1.03. The fourth-order valence-corrected chi connectivity index (χ4v) is 3.70. The van der Waals surface area contributed by atoms with Gasteiger partial charge in [-0.15, -0.1) is 0 Å². The Kier molecular flexibility index (Phi) is 3.75. The number of aliphatic carboxylic acids is 1. The Morgan fingerprint density at radius 2 is 1.78 bits per heavy atom. The van der Waals surface area contributed by atoms with Crippen LogP contribution in [-0.4, -0.2) is 23.5 Å². The molecule has 1 heterocycles. The molecule has 0 atom stereocenters. The van der Waals surface area contributed by atoms with Crippen molar-refractivity contribution >= 4 is 33.0 Å². The Bertz CT molecular complexity index is 1000. The maximum atomic E-state index is 12.7. The number of rotatable bonds is 4. The molecule has 3 aromatic rings. The van der Waals surface area contributed by atoms with Crippen molar-refractivity contribution in [3.8, 4) is 0 Å². The number of carboxylic acid groups (broad SMARTS) is 1. The minimum absolute atomic E-state index is 0.215. The second-order valence-corrected chi connectivity index (χ2v) is 6.73. The van der Waals surface area contributed by atoms with E-state index in [9.17, 15) is 13.2 Å². The van der Waals surface area contributed by atoms with Crippen LogP contribution in [0.1, 0.15) is 5.56 Å². The minimum atomic E-state index is -3.66. The summed E-state index contributed by atoms with van der Waals surface area (Å²) in [4.78, 5) is 10.8. The summed E-state index contributed by atoms with van der Waals surface area (Å²) in [5.41, 5.74) is 1.23. The van der Waals surface area contributed by atoms with Crippen molar-refractivity contribution in [2.45, 2.75) is 4.90 Å². The van der Waals surface area contributed by atoms with Crippen molar-refractivity contribution in [3.63, 3.8) is 0 Å². The predicted molar refractivity (Wildman–Crippen MR) is 87.6 cm³/mol. The number of nitrogens with zero attached hydrogens (tertiary/aromatic N) is 1. The molecular formula is C17H13NO4S. The highest BCUT2D eigenvalue weighted by Gasteiger charge is 2.18. The molecule has 1 aromatic heterocycles. The van der Waals surface area contributed by atoms with Gasteiger partial charge in [0.25, 0.3) is 10.0 Å². The van der Waals surface area contributed by atoms with Crippen LogP contribution in [0.25, 0.3) is 17.0 Å². The van der Waals surface area contributed by atoms with Crippen LogP contribution in [-0.2, 0) is 14.8 Å². The standard InChI is InChI=1S/C17H13NO4S/c19-17(20)9-7-13-6-8-16-14(12-13)10-11-18(16)23(21,22)15-4-2-1-3-5-15/h1-12H,(H,19,20)/b9-7-. The van der Waals surface area contributed by atoms with Crippen LogP contribution in [0, 0.1) is 0 Å². The molecule has 0 radical (unpaired) electrons. The number of hydrogen-bond acceptors (Lipinski definition) is 3. The van der Waals surface area contributed by atoms with E-state index in [-0.39, 0.29) is 4.90 Å². The number of benzene rings is 2. The largest absolute Gasteiger partial charge is 0.478 e. The van der Waals surface area contributed by atoms with Crippen LogP contribution >= 0.6 is 0 Å². The van der Waals surface area contributed by atoms with Crippen molar-refractivity contribution in [1.29, 1.82) is 0 Å². The molecule has 0 unspecified atom stereocenters. The Morgan fingerprint density at radius 1 is 1.04 bits per heavy atom. The number of fused-ring (bicyclic) bond motifs is 1. The first-order valence-corrected chi connectivity index (χ1v) is 8.25. The molecule has 5 nitrogen and oxygen atoms in total. The lowest BCUT2D eigenvalue weighted by Gasteiger charge is -2.07. The normalized spacial score (nSPS) is 12.0. The molecule has 0 spiro atoms. The van der Waals surface area contributed by atoms with Gasteiger partial charge in [-0.3, -0.25) is 0 Å². The number of hydrogen-bond donors (Lipinski definition) is 1. The zero-order valence-corrected chi connectivity index (χ0v) is 12.8. The molecule has 0 bridgehead atoms. The Hall–Kier alpha value is -2.86. The monoisotopic (exact) mass is 327 g/mol. The van der Waals surface area contributed by atoms with E-state index in [0.29, 0.717) is 11.1 Å². The highest BCUT2D eigenvalue weighted by Crippen LogP contribution is 2.23. The molecular weight excluding hydrogens is 314 g/mol. The average molecular weight is 327 g/mol. The molecule has 23 heavy (non-hydrogen) atoms. The lowest BCUT2D eigenvalue weighted by Crippen LogP contribution is -2.11. The van der Waals surface area contributed by atoms with Gasteiger partial charge in [0.15, 0.2) is 0 Å². The topological polar surface area (TPSA) is 76.4 Å². The average Bonchev–Trinajstić information content (AvgIpc) is 2.97. The van der Waals surface area contributed by atoms with E-state index >= 15 is 0 Å². The molecule has 6 heteroatoms. The Balaban J connectivity index is 2.09. The Morgan fingerprint density at radius 3 is 2.48 bits per heavy atom. The van der Waals surface area contributed by atoms with Crippen molar-refractivity contribution in [2.24, 2.45) is 0 Å². The number of carbonyl (C=O) groups is 1. The van der Waals surface area contributed by atoms with Crippen molar-refractivity contribution in [2.75, 3.05) is 0 Å². The highest BCUT2D eigenvalue weighted by molar-refractivity contribution is 7.90. The second-order valence-electron chi connectivity index (χ2n) is 4.92. The molecule has 116 valence electrons. The summed E-state index contributed by atoms with van der Waals surface area (Å²) in [6, 6.07) is 15.0. The molecule has 0 saturated heterocycles. The van der Waals surface area contributed by atoms with Gasteiger partial charge >= 0.3 is 5.97 Å². The van der Waals surface area contributed by atoms with Gasteiger partial charge in [0.1, 0.15) is 0 Å². The van der Waals surface area contributed by atoms with Crippen LogP contribution in [0.5, 0.6) is 0 Å². The minimum Gasteiger partial charge on any atom is -0.478 e. The zero-order chi connectivity index (χ0) is 16.4. The van der Waals surface area contributed by atoms with Gasteiger partial charge in [-0.25, -0.2) is 17.2 Å². The molecule has 0 fully saturated rings. The number of carboxylic acids is 1. The maximum absolute atomic E-state index is 12.7. The molecule has 3 rings (SSSR count). The molecule has 1 N–H and O–H groups in total. The van der Waals surface area contributed by atoms with Gasteiger partial charge in [-0.05, 0) is 42.0 Å².